The van der Waals surface area contributed by atoms with E-state index < -0.39 is 0 Å². The van der Waals surface area contributed by atoms with Crippen molar-refractivity contribution in [3.8, 4) is 0 Å². The van der Waals surface area contributed by atoms with Crippen LogP contribution in [0.2, 0.25) is 0 Å². The van der Waals surface area contributed by atoms with Gasteiger partial charge in [-0.15, -0.1) is 36.2 Å². The maximum Gasteiger partial charge on any atom is 0.0981 e. The molecular formula is C18H24Cl2N2O2S. The Kier molecular flexibility index (Phi) is 5.66. The average Bonchev–Trinajstić information content (AvgIpc) is 3.17. The summed E-state index contributed by atoms with van der Waals surface area (Å²) in [5.41, 5.74) is 1.34. The summed E-state index contributed by atoms with van der Waals surface area (Å²) < 4.78 is 7.75. The number of aliphatic hydroxyl groups is 1. The van der Waals surface area contributed by atoms with Gasteiger partial charge in [0.1, 0.15) is 0 Å². The highest BCUT2D eigenvalue weighted by Crippen LogP contribution is 2.47. The zero-order valence-electron chi connectivity index (χ0n) is 13.9. The molecule has 2 aromatic rings. The van der Waals surface area contributed by atoms with Crippen LogP contribution in [0.3, 0.4) is 0 Å². The minimum Gasteiger partial charge on any atom is -0.396 e. The number of benzene rings is 1. The lowest BCUT2D eigenvalue weighted by molar-refractivity contribution is -0.0746. The molecule has 2 bridgehead atoms. The zero-order chi connectivity index (χ0) is 15.4. The third-order valence-electron chi connectivity index (χ3n) is 5.94. The number of hydrogen-bond donors (Lipinski definition) is 2. The van der Waals surface area contributed by atoms with Crippen molar-refractivity contribution in [3.05, 3.63) is 35.2 Å². The van der Waals surface area contributed by atoms with Crippen LogP contribution in [-0.4, -0.2) is 54.5 Å². The number of thiophene rings is 1. The second-order valence-electron chi connectivity index (χ2n) is 7.23. The van der Waals surface area contributed by atoms with Gasteiger partial charge in [0.15, 0.2) is 0 Å². The number of likely N-dealkylation sites (tertiary alicyclic amines) is 1. The van der Waals surface area contributed by atoms with Gasteiger partial charge in [-0.2, -0.15) is 0 Å². The molecule has 138 valence electrons. The molecule has 3 fully saturated rings. The van der Waals surface area contributed by atoms with Crippen molar-refractivity contribution in [2.24, 2.45) is 11.8 Å². The minimum atomic E-state index is -0.0812. The van der Waals surface area contributed by atoms with E-state index >= 15 is 0 Å². The summed E-state index contributed by atoms with van der Waals surface area (Å²) in [7, 11) is 0. The van der Waals surface area contributed by atoms with Crippen LogP contribution in [-0.2, 0) is 11.3 Å². The van der Waals surface area contributed by atoms with E-state index in [0.29, 0.717) is 5.92 Å². The monoisotopic (exact) mass is 402 g/mol. The average molecular weight is 403 g/mol. The maximum atomic E-state index is 9.82. The van der Waals surface area contributed by atoms with Crippen molar-refractivity contribution < 1.29 is 9.84 Å². The fraction of sp³-hybridized carbons (Fsp3) is 0.556. The molecule has 3 aliphatic rings. The van der Waals surface area contributed by atoms with Crippen molar-refractivity contribution in [3.63, 3.8) is 0 Å². The molecule has 3 aliphatic heterocycles. The predicted octanol–water partition coefficient (Wildman–Crippen LogP) is 2.53. The van der Waals surface area contributed by atoms with Crippen molar-refractivity contribution in [1.29, 1.82) is 0 Å². The molecule has 0 unspecified atom stereocenters. The molecule has 5 rings (SSSR count). The third kappa shape index (κ3) is 3.00. The molecule has 0 radical (unpaired) electrons. The third-order valence-corrected chi connectivity index (χ3v) is 6.95. The smallest absolute Gasteiger partial charge is 0.0981 e. The second-order valence-corrected chi connectivity index (χ2v) is 8.14. The van der Waals surface area contributed by atoms with Crippen molar-refractivity contribution in [1.82, 2.24) is 10.2 Å². The summed E-state index contributed by atoms with van der Waals surface area (Å²) in [5, 5.41) is 17.0. The van der Waals surface area contributed by atoms with Gasteiger partial charge in [-0.1, -0.05) is 18.2 Å². The van der Waals surface area contributed by atoms with Gasteiger partial charge in [0, 0.05) is 55.9 Å². The van der Waals surface area contributed by atoms with E-state index in [4.69, 9.17) is 4.74 Å². The molecule has 4 nitrogen and oxygen atoms in total. The van der Waals surface area contributed by atoms with E-state index in [1.165, 1.54) is 15.6 Å². The molecular weight excluding hydrogens is 379 g/mol. The first-order valence-corrected chi connectivity index (χ1v) is 9.34. The number of hydrogen-bond acceptors (Lipinski definition) is 5. The Morgan fingerprint density at radius 1 is 1.32 bits per heavy atom. The highest BCUT2D eigenvalue weighted by molar-refractivity contribution is 7.17. The van der Waals surface area contributed by atoms with Gasteiger partial charge in [-0.25, -0.2) is 0 Å². The normalized spacial score (nSPS) is 33.7. The van der Waals surface area contributed by atoms with E-state index in [1.807, 2.05) is 11.3 Å². The zero-order valence-corrected chi connectivity index (χ0v) is 16.3. The number of morpholine rings is 1. The van der Waals surface area contributed by atoms with E-state index in [2.05, 4.69) is 39.9 Å². The van der Waals surface area contributed by atoms with Crippen LogP contribution >= 0.6 is 36.2 Å². The quantitative estimate of drug-likeness (QED) is 0.827. The van der Waals surface area contributed by atoms with Crippen LogP contribution in [0.25, 0.3) is 10.1 Å². The molecule has 1 aromatic carbocycles. The highest BCUT2D eigenvalue weighted by Gasteiger charge is 2.60. The summed E-state index contributed by atoms with van der Waals surface area (Å²) in [5.74, 6) is 0.742. The summed E-state index contributed by atoms with van der Waals surface area (Å²) >= 11 is 1.83. The van der Waals surface area contributed by atoms with Crippen LogP contribution in [0.15, 0.2) is 29.6 Å². The lowest BCUT2D eigenvalue weighted by Crippen LogP contribution is -2.52. The Labute approximate surface area is 164 Å². The Morgan fingerprint density at radius 2 is 2.16 bits per heavy atom. The van der Waals surface area contributed by atoms with Gasteiger partial charge in [0.25, 0.3) is 0 Å². The number of rotatable bonds is 3. The molecule has 0 aliphatic carbocycles. The molecule has 3 saturated heterocycles. The molecule has 0 amide bonds. The topological polar surface area (TPSA) is 44.7 Å². The van der Waals surface area contributed by atoms with Crippen molar-refractivity contribution in [2.45, 2.75) is 18.2 Å². The minimum absolute atomic E-state index is 0. The van der Waals surface area contributed by atoms with Crippen LogP contribution in [0.4, 0.5) is 0 Å². The molecule has 1 spiro atoms. The molecule has 2 N–H and O–H groups in total. The fourth-order valence-corrected chi connectivity index (χ4v) is 5.87. The second kappa shape index (κ2) is 7.31. The number of fused-ring (bicyclic) bond motifs is 2. The summed E-state index contributed by atoms with van der Waals surface area (Å²) in [6, 6.07) is 8.65. The first kappa shape index (κ1) is 19.4. The number of aliphatic hydroxyl groups excluding tert-OH is 1. The predicted molar refractivity (Wildman–Crippen MR) is 106 cm³/mol. The first-order valence-electron chi connectivity index (χ1n) is 8.46. The van der Waals surface area contributed by atoms with Crippen LogP contribution < -0.4 is 5.32 Å². The number of ether oxygens (including phenoxy) is 1. The summed E-state index contributed by atoms with van der Waals surface area (Å²) in [6.07, 6.45) is 0.197. The van der Waals surface area contributed by atoms with Crippen LogP contribution in [0.1, 0.15) is 5.56 Å². The molecule has 7 heteroatoms. The Hall–Kier alpha value is -0.400. The van der Waals surface area contributed by atoms with E-state index in [0.717, 1.165) is 32.7 Å². The largest absolute Gasteiger partial charge is 0.396 e. The Balaban J connectivity index is 0.000000911. The summed E-state index contributed by atoms with van der Waals surface area (Å²) in [4.78, 5) is 2.52. The highest BCUT2D eigenvalue weighted by atomic mass is 35.5. The molecule has 4 atom stereocenters. The van der Waals surface area contributed by atoms with E-state index in [9.17, 15) is 5.11 Å². The van der Waals surface area contributed by atoms with Gasteiger partial charge < -0.3 is 15.2 Å². The number of halogens is 2. The van der Waals surface area contributed by atoms with E-state index in [1.54, 1.807) is 0 Å². The standard InChI is InChI=1S/C18H22N2O2S.2ClH/c21-8-14-15-7-20(11-18(15)10-19-5-16(14)22-18)6-12-9-23-17-4-2-1-3-13(12)17;;/h1-4,9,14-16,19,21H,5-8,10-11H2;2*1H/t14-,15+,16+,18+;;/m0../s1. The number of nitrogens with one attached hydrogen (secondary N) is 1. The molecule has 1 aromatic heterocycles. The molecule has 4 heterocycles. The van der Waals surface area contributed by atoms with E-state index in [-0.39, 0.29) is 49.0 Å². The van der Waals surface area contributed by atoms with Crippen LogP contribution in [0.5, 0.6) is 0 Å². The van der Waals surface area contributed by atoms with Gasteiger partial charge >= 0.3 is 0 Å². The first-order chi connectivity index (χ1) is 11.3. The fourth-order valence-electron chi connectivity index (χ4n) is 4.91. The molecule has 0 saturated carbocycles. The van der Waals surface area contributed by atoms with Crippen molar-refractivity contribution >= 4 is 46.2 Å². The van der Waals surface area contributed by atoms with Gasteiger partial charge in [-0.3, -0.25) is 4.90 Å². The van der Waals surface area contributed by atoms with Gasteiger partial charge in [0.05, 0.1) is 11.7 Å². The SMILES string of the molecule is Cl.Cl.OC[C@H]1[C@H]2CN(Cc3csc4ccccc34)C[C@]23CNC[C@H]1O3. The molecule has 25 heavy (non-hydrogen) atoms. The lowest BCUT2D eigenvalue weighted by atomic mass is 9.83. The van der Waals surface area contributed by atoms with Crippen molar-refractivity contribution in [2.75, 3.05) is 32.8 Å². The maximum absolute atomic E-state index is 9.82. The summed E-state index contributed by atoms with van der Waals surface area (Å²) in [6.45, 7) is 5.04. The number of nitrogens with zero attached hydrogens (tertiary/aromatic N) is 1. The van der Waals surface area contributed by atoms with Gasteiger partial charge in [-0.05, 0) is 22.4 Å². The lowest BCUT2D eigenvalue weighted by Gasteiger charge is -2.34. The Morgan fingerprint density at radius 3 is 3.00 bits per heavy atom. The van der Waals surface area contributed by atoms with Crippen LogP contribution in [0, 0.1) is 11.8 Å². The Bertz CT molecular complexity index is 743. The van der Waals surface area contributed by atoms with Gasteiger partial charge in [0.2, 0.25) is 0 Å².